The number of hydrogen-bond donors (Lipinski definition) is 0. The van der Waals surface area contributed by atoms with Crippen molar-refractivity contribution in [1.82, 2.24) is 0 Å². The Morgan fingerprint density at radius 2 is 1.58 bits per heavy atom. The third-order valence-electron chi connectivity index (χ3n) is 6.68. The van der Waals surface area contributed by atoms with E-state index in [-0.39, 0.29) is 14.0 Å². The van der Waals surface area contributed by atoms with Crippen molar-refractivity contribution < 1.29 is 24.7 Å². The van der Waals surface area contributed by atoms with Gasteiger partial charge in [-0.05, 0) is 0 Å². The van der Waals surface area contributed by atoms with Gasteiger partial charge in [0.15, 0.2) is 0 Å². The fourth-order valence-corrected chi connectivity index (χ4v) is 32.4. The second kappa shape index (κ2) is 8.41. The van der Waals surface area contributed by atoms with Crippen molar-refractivity contribution in [2.24, 2.45) is 0 Å². The summed E-state index contributed by atoms with van der Waals surface area (Å²) >= 11 is -4.44. The molecule has 0 fully saturated rings. The molecule has 4 rings (SSSR count). The van der Waals surface area contributed by atoms with Crippen molar-refractivity contribution in [3.8, 4) is 0 Å². The molecule has 0 saturated heterocycles. The Balaban J connectivity index is 1.79. The molecule has 2 aliphatic carbocycles. The summed E-state index contributed by atoms with van der Waals surface area (Å²) in [5, 5.41) is 0. The van der Waals surface area contributed by atoms with E-state index >= 15 is 0 Å². The molecule has 165 valence electrons. The van der Waals surface area contributed by atoms with E-state index in [2.05, 4.69) is 99.5 Å². The third-order valence-corrected chi connectivity index (χ3v) is 59.7. The number of fused-ring (bicyclic) bond motifs is 2. The molecule has 0 heterocycles. The second-order valence-corrected chi connectivity index (χ2v) is 57.2. The van der Waals surface area contributed by atoms with Crippen LogP contribution in [0, 0.1) is 0 Å². The van der Waals surface area contributed by atoms with Gasteiger partial charge in [0.05, 0.1) is 0 Å². The fourth-order valence-electron chi connectivity index (χ4n) is 4.82. The normalized spacial score (nSPS) is 21.4. The number of benzene rings is 2. The summed E-state index contributed by atoms with van der Waals surface area (Å²) in [7, 11) is 14.2. The van der Waals surface area contributed by atoms with Gasteiger partial charge in [0.1, 0.15) is 0 Å². The summed E-state index contributed by atoms with van der Waals surface area (Å²) in [6, 6.07) is 17.0. The molecule has 31 heavy (non-hydrogen) atoms. The van der Waals surface area contributed by atoms with Gasteiger partial charge in [-0.15, -0.1) is 0 Å². The first-order chi connectivity index (χ1) is 14.5. The first kappa shape index (κ1) is 23.7. The van der Waals surface area contributed by atoms with Crippen LogP contribution in [0.1, 0.15) is 29.5 Å². The van der Waals surface area contributed by atoms with Gasteiger partial charge >= 0.3 is 198 Å². The van der Waals surface area contributed by atoms with Gasteiger partial charge in [0.2, 0.25) is 0 Å². The SMILES string of the molecule is C[SiH](C)[Zr]([Cl])([Cl])([CH]1C=Cc2ccccc21)[CH]1C=C(OCO[Si](C)(C)C)c2ccccc21. The molecule has 7 heteroatoms. The van der Waals surface area contributed by atoms with Gasteiger partial charge < -0.3 is 0 Å². The van der Waals surface area contributed by atoms with Gasteiger partial charge in [-0.1, -0.05) is 0 Å². The van der Waals surface area contributed by atoms with Crippen LogP contribution in [-0.4, -0.2) is 21.0 Å². The van der Waals surface area contributed by atoms with Crippen LogP contribution in [0.4, 0.5) is 0 Å². The average molecular weight is 570 g/mol. The topological polar surface area (TPSA) is 18.5 Å². The molecule has 0 aromatic heterocycles. The van der Waals surface area contributed by atoms with Gasteiger partial charge in [-0.3, -0.25) is 0 Å². The molecule has 2 unspecified atom stereocenters. The average Bonchev–Trinajstić information content (AvgIpc) is 3.30. The number of allylic oxidation sites excluding steroid dienone is 2. The van der Waals surface area contributed by atoms with E-state index in [1.54, 1.807) is 0 Å². The van der Waals surface area contributed by atoms with Crippen LogP contribution < -0.4 is 0 Å². The van der Waals surface area contributed by atoms with Crippen LogP contribution in [0.15, 0.2) is 60.7 Å². The van der Waals surface area contributed by atoms with Crippen LogP contribution in [0.5, 0.6) is 0 Å². The number of ether oxygens (including phenoxy) is 1. The van der Waals surface area contributed by atoms with E-state index in [1.165, 1.54) is 16.7 Å². The van der Waals surface area contributed by atoms with Crippen molar-refractivity contribution in [3.05, 3.63) is 82.9 Å². The van der Waals surface area contributed by atoms with Crippen molar-refractivity contribution in [3.63, 3.8) is 0 Å². The molecule has 0 saturated carbocycles. The van der Waals surface area contributed by atoms with E-state index < -0.39 is 29.8 Å². The molecule has 2 aromatic rings. The predicted octanol–water partition coefficient (Wildman–Crippen LogP) is 7.66. The molecule has 2 atom stereocenters. The standard InChI is InChI=1S/C13H17O2Si.C9H7.C2H7Si.2ClH.Zr/c1-16(2,3)15-10-14-13-9-8-11-6-4-5-7-12(11)13;1-2-5-9-7-3-6-8(9)4-1;1-3-2;;;/h4-9H,10H2,1-3H3;1-7H;3H,1-2H3;2*1H;/q;;;;;+2/p-2. The molecule has 2 aliphatic rings. The Morgan fingerprint density at radius 3 is 2.26 bits per heavy atom. The van der Waals surface area contributed by atoms with E-state index in [4.69, 9.17) is 26.2 Å². The molecule has 0 aliphatic heterocycles. The van der Waals surface area contributed by atoms with Gasteiger partial charge in [0, 0.05) is 0 Å². The molecule has 0 radical (unpaired) electrons. The Morgan fingerprint density at radius 1 is 0.935 bits per heavy atom. The fraction of sp³-hybridized carbons (Fsp3) is 0.333. The molecule has 0 N–H and O–H groups in total. The zero-order valence-electron chi connectivity index (χ0n) is 18.9. The van der Waals surface area contributed by atoms with E-state index in [1.807, 2.05) is 0 Å². The number of hydrogen-bond acceptors (Lipinski definition) is 2. The molecule has 0 amide bonds. The van der Waals surface area contributed by atoms with E-state index in [0.29, 0.717) is 0 Å². The van der Waals surface area contributed by atoms with Crippen molar-refractivity contribution >= 4 is 43.1 Å². The van der Waals surface area contributed by atoms with Gasteiger partial charge in [-0.25, -0.2) is 0 Å². The Labute approximate surface area is 196 Å². The maximum atomic E-state index is 7.93. The minimum atomic E-state index is -4.44. The summed E-state index contributed by atoms with van der Waals surface area (Å²) in [4.78, 5) is 0. The maximum absolute atomic E-state index is 7.93. The molecule has 0 spiro atoms. The molecule has 0 bridgehead atoms. The summed E-state index contributed by atoms with van der Waals surface area (Å²) in [6.07, 6.45) is 6.72. The predicted molar refractivity (Wildman–Crippen MR) is 136 cm³/mol. The monoisotopic (exact) mass is 567 g/mol. The van der Waals surface area contributed by atoms with Crippen molar-refractivity contribution in [1.29, 1.82) is 0 Å². The first-order valence-corrected chi connectivity index (χ1v) is 30.7. The van der Waals surface area contributed by atoms with Gasteiger partial charge in [-0.2, -0.15) is 0 Å². The van der Waals surface area contributed by atoms with Gasteiger partial charge in [0.25, 0.3) is 0 Å². The molecular weight excluding hydrogens is 539 g/mol. The molecular formula is C24H31Cl2O2Si2Zr. The van der Waals surface area contributed by atoms with Crippen LogP contribution in [0.2, 0.25) is 32.7 Å². The number of rotatable bonds is 7. The van der Waals surface area contributed by atoms with E-state index in [9.17, 15) is 0 Å². The zero-order chi connectivity index (χ0) is 22.5. The summed E-state index contributed by atoms with van der Waals surface area (Å²) in [5.74, 6) is -0.590. The minimum absolute atomic E-state index is 0.0373. The molecule has 2 nitrogen and oxygen atoms in total. The van der Waals surface area contributed by atoms with Crippen molar-refractivity contribution in [2.45, 2.75) is 40.0 Å². The second-order valence-electron chi connectivity index (χ2n) is 9.96. The number of halogens is 2. The Kier molecular flexibility index (Phi) is 6.44. The Bertz CT molecular complexity index is 1060. The van der Waals surface area contributed by atoms with Crippen LogP contribution in [0.25, 0.3) is 11.8 Å². The summed E-state index contributed by atoms with van der Waals surface area (Å²) < 4.78 is 12.3. The summed E-state index contributed by atoms with van der Waals surface area (Å²) in [6.45, 7) is 11.4. The van der Waals surface area contributed by atoms with Crippen LogP contribution in [-0.2, 0) is 24.7 Å². The zero-order valence-corrected chi connectivity index (χ0v) is 25.0. The van der Waals surface area contributed by atoms with E-state index in [0.717, 1.165) is 11.3 Å². The van der Waals surface area contributed by atoms with Crippen LogP contribution >= 0.6 is 17.0 Å². The molecule has 2 aromatic carbocycles. The van der Waals surface area contributed by atoms with Crippen molar-refractivity contribution in [2.75, 3.05) is 6.79 Å². The quantitative estimate of drug-likeness (QED) is 0.252. The first-order valence-electron chi connectivity index (χ1n) is 10.9. The Hall–Kier alpha value is -0.423. The van der Waals surface area contributed by atoms with Crippen LogP contribution in [0.3, 0.4) is 0 Å². The third kappa shape index (κ3) is 4.15. The summed E-state index contributed by atoms with van der Waals surface area (Å²) in [5.41, 5.74) is 4.87.